The van der Waals surface area contributed by atoms with E-state index in [0.29, 0.717) is 24.5 Å². The standard InChI is InChI=1S/C10H13N5O/c1-7-4-10(13-5-8(7)11)12-3-2-9-14-6-16-15-9/h4-6H,2-3,11H2,1H3,(H,12,13). The molecule has 0 atom stereocenters. The average molecular weight is 219 g/mol. The van der Waals surface area contributed by atoms with Gasteiger partial charge >= 0.3 is 0 Å². The van der Waals surface area contributed by atoms with E-state index in [4.69, 9.17) is 5.73 Å². The number of nitrogens with zero attached hydrogens (tertiary/aromatic N) is 3. The van der Waals surface area contributed by atoms with E-state index in [2.05, 4.69) is 25.0 Å². The second kappa shape index (κ2) is 4.61. The first-order chi connectivity index (χ1) is 7.75. The van der Waals surface area contributed by atoms with Gasteiger partial charge in [0.25, 0.3) is 0 Å². The highest BCUT2D eigenvalue weighted by Crippen LogP contribution is 2.12. The molecule has 0 aromatic carbocycles. The first-order valence-corrected chi connectivity index (χ1v) is 4.97. The molecule has 0 bridgehead atoms. The molecule has 2 aromatic rings. The largest absolute Gasteiger partial charge is 0.397 e. The van der Waals surface area contributed by atoms with E-state index in [9.17, 15) is 0 Å². The molecule has 3 N–H and O–H groups in total. The Morgan fingerprint density at radius 2 is 2.31 bits per heavy atom. The van der Waals surface area contributed by atoms with E-state index in [-0.39, 0.29) is 0 Å². The molecule has 2 aromatic heterocycles. The molecule has 16 heavy (non-hydrogen) atoms. The highest BCUT2D eigenvalue weighted by atomic mass is 16.5. The molecule has 0 radical (unpaired) electrons. The Morgan fingerprint density at radius 1 is 1.44 bits per heavy atom. The SMILES string of the molecule is Cc1cc(NCCc2ncon2)ncc1N. The van der Waals surface area contributed by atoms with Crippen LogP contribution in [0.15, 0.2) is 23.2 Å². The van der Waals surface area contributed by atoms with Gasteiger partial charge in [-0.1, -0.05) is 5.16 Å². The van der Waals surface area contributed by atoms with Crippen LogP contribution in [0.2, 0.25) is 0 Å². The number of nitrogens with two attached hydrogens (primary N) is 1. The molecule has 2 heterocycles. The lowest BCUT2D eigenvalue weighted by Gasteiger charge is -2.05. The average Bonchev–Trinajstić information content (AvgIpc) is 2.76. The molecule has 0 saturated heterocycles. The first-order valence-electron chi connectivity index (χ1n) is 4.97. The summed E-state index contributed by atoms with van der Waals surface area (Å²) in [7, 11) is 0. The molecule has 0 aliphatic heterocycles. The molecule has 0 aliphatic rings. The van der Waals surface area contributed by atoms with Gasteiger partial charge < -0.3 is 15.6 Å². The van der Waals surface area contributed by atoms with Gasteiger partial charge in [0.15, 0.2) is 5.82 Å². The number of anilines is 2. The molecule has 84 valence electrons. The number of rotatable bonds is 4. The van der Waals surface area contributed by atoms with Crippen molar-refractivity contribution >= 4 is 11.5 Å². The Kier molecular flexibility index (Phi) is 3.00. The topological polar surface area (TPSA) is 89.9 Å². The van der Waals surface area contributed by atoms with Crippen LogP contribution in [0.25, 0.3) is 0 Å². The van der Waals surface area contributed by atoms with Crippen LogP contribution in [0.5, 0.6) is 0 Å². The fourth-order valence-corrected chi connectivity index (χ4v) is 1.27. The smallest absolute Gasteiger partial charge is 0.213 e. The summed E-state index contributed by atoms with van der Waals surface area (Å²) < 4.78 is 4.63. The molecule has 0 amide bonds. The Hall–Kier alpha value is -2.11. The van der Waals surface area contributed by atoms with Crippen molar-refractivity contribution in [1.29, 1.82) is 0 Å². The predicted octanol–water partition coefficient (Wildman–Crippen LogP) is 1.01. The highest BCUT2D eigenvalue weighted by molar-refractivity contribution is 5.50. The third kappa shape index (κ3) is 2.47. The number of nitrogens with one attached hydrogen (secondary N) is 1. The zero-order valence-corrected chi connectivity index (χ0v) is 8.97. The van der Waals surface area contributed by atoms with Crippen LogP contribution < -0.4 is 11.1 Å². The van der Waals surface area contributed by atoms with Crippen molar-refractivity contribution in [3.63, 3.8) is 0 Å². The summed E-state index contributed by atoms with van der Waals surface area (Å²) in [6.07, 6.45) is 3.66. The third-order valence-corrected chi connectivity index (χ3v) is 2.21. The maximum atomic E-state index is 5.67. The molecular formula is C10H13N5O. The van der Waals surface area contributed by atoms with E-state index in [0.717, 1.165) is 11.4 Å². The van der Waals surface area contributed by atoms with Crippen molar-refractivity contribution in [3.8, 4) is 0 Å². The zero-order valence-electron chi connectivity index (χ0n) is 8.97. The van der Waals surface area contributed by atoms with E-state index >= 15 is 0 Å². The number of aromatic nitrogens is 3. The minimum absolute atomic E-state index is 0.680. The summed E-state index contributed by atoms with van der Waals surface area (Å²) in [5, 5.41) is 6.88. The maximum absolute atomic E-state index is 5.67. The zero-order chi connectivity index (χ0) is 11.4. The van der Waals surface area contributed by atoms with Gasteiger partial charge in [0.05, 0.1) is 11.9 Å². The fraction of sp³-hybridized carbons (Fsp3) is 0.300. The summed E-state index contributed by atoms with van der Waals surface area (Å²) in [6, 6.07) is 1.91. The Labute approximate surface area is 92.9 Å². The summed E-state index contributed by atoms with van der Waals surface area (Å²) in [4.78, 5) is 8.08. The van der Waals surface area contributed by atoms with Crippen molar-refractivity contribution in [2.75, 3.05) is 17.6 Å². The van der Waals surface area contributed by atoms with E-state index in [1.165, 1.54) is 6.39 Å². The highest BCUT2D eigenvalue weighted by Gasteiger charge is 2.00. The summed E-state index contributed by atoms with van der Waals surface area (Å²) in [5.74, 6) is 1.48. The minimum atomic E-state index is 0.680. The normalized spacial score (nSPS) is 10.3. The number of hydrogen-bond acceptors (Lipinski definition) is 6. The van der Waals surface area contributed by atoms with Gasteiger partial charge in [-0.2, -0.15) is 4.98 Å². The maximum Gasteiger partial charge on any atom is 0.213 e. The summed E-state index contributed by atoms with van der Waals surface area (Å²) in [6.45, 7) is 2.65. The second-order valence-electron chi connectivity index (χ2n) is 3.45. The van der Waals surface area contributed by atoms with Gasteiger partial charge in [0, 0.05) is 13.0 Å². The van der Waals surface area contributed by atoms with Crippen LogP contribution in [-0.2, 0) is 6.42 Å². The third-order valence-electron chi connectivity index (χ3n) is 2.21. The Balaban J connectivity index is 1.87. The molecule has 0 saturated carbocycles. The van der Waals surface area contributed by atoms with E-state index in [1.54, 1.807) is 6.20 Å². The first kappa shape index (κ1) is 10.4. The summed E-state index contributed by atoms with van der Waals surface area (Å²) in [5.41, 5.74) is 7.38. The van der Waals surface area contributed by atoms with Crippen molar-refractivity contribution in [2.24, 2.45) is 0 Å². The van der Waals surface area contributed by atoms with Crippen molar-refractivity contribution < 1.29 is 4.52 Å². The molecule has 6 nitrogen and oxygen atoms in total. The van der Waals surface area contributed by atoms with Crippen LogP contribution in [0.4, 0.5) is 11.5 Å². The monoisotopic (exact) mass is 219 g/mol. The van der Waals surface area contributed by atoms with Crippen LogP contribution in [0.1, 0.15) is 11.4 Å². The molecular weight excluding hydrogens is 206 g/mol. The van der Waals surface area contributed by atoms with Crippen LogP contribution in [-0.4, -0.2) is 21.7 Å². The molecule has 0 fully saturated rings. The van der Waals surface area contributed by atoms with Gasteiger partial charge in [-0.25, -0.2) is 4.98 Å². The minimum Gasteiger partial charge on any atom is -0.397 e. The van der Waals surface area contributed by atoms with Crippen molar-refractivity contribution in [1.82, 2.24) is 15.1 Å². The Bertz CT molecular complexity index is 454. The molecule has 0 unspecified atom stereocenters. The van der Waals surface area contributed by atoms with E-state index in [1.807, 2.05) is 13.0 Å². The molecule has 6 heteroatoms. The lowest BCUT2D eigenvalue weighted by Crippen LogP contribution is -2.07. The van der Waals surface area contributed by atoms with Gasteiger partial charge in [-0.05, 0) is 18.6 Å². The van der Waals surface area contributed by atoms with Crippen molar-refractivity contribution in [3.05, 3.63) is 30.0 Å². The molecule has 2 rings (SSSR count). The predicted molar refractivity (Wildman–Crippen MR) is 59.9 cm³/mol. The molecule has 0 spiro atoms. The van der Waals surface area contributed by atoms with Gasteiger partial charge in [0.2, 0.25) is 6.39 Å². The number of pyridine rings is 1. The summed E-state index contributed by atoms with van der Waals surface area (Å²) >= 11 is 0. The van der Waals surface area contributed by atoms with Gasteiger partial charge in [-0.3, -0.25) is 0 Å². The second-order valence-corrected chi connectivity index (χ2v) is 3.45. The van der Waals surface area contributed by atoms with Gasteiger partial charge in [-0.15, -0.1) is 0 Å². The number of nitrogen functional groups attached to an aromatic ring is 1. The van der Waals surface area contributed by atoms with Gasteiger partial charge in [0.1, 0.15) is 5.82 Å². The van der Waals surface area contributed by atoms with Crippen molar-refractivity contribution in [2.45, 2.75) is 13.3 Å². The number of aryl methyl sites for hydroxylation is 1. The fourth-order valence-electron chi connectivity index (χ4n) is 1.27. The van der Waals surface area contributed by atoms with Crippen LogP contribution in [0, 0.1) is 6.92 Å². The van der Waals surface area contributed by atoms with Crippen LogP contribution in [0.3, 0.4) is 0 Å². The Morgan fingerprint density at radius 3 is 3.00 bits per heavy atom. The molecule has 0 aliphatic carbocycles. The number of hydrogen-bond donors (Lipinski definition) is 2. The lowest BCUT2D eigenvalue weighted by molar-refractivity contribution is 0.410. The lowest BCUT2D eigenvalue weighted by atomic mass is 10.2. The van der Waals surface area contributed by atoms with E-state index < -0.39 is 0 Å². The quantitative estimate of drug-likeness (QED) is 0.797. The van der Waals surface area contributed by atoms with Crippen LogP contribution >= 0.6 is 0 Å².